The lowest BCUT2D eigenvalue weighted by molar-refractivity contribution is 0.0318. The number of hydrogen-bond donors (Lipinski definition) is 2. The van der Waals surface area contributed by atoms with Crippen LogP contribution in [0.1, 0.15) is 11.7 Å². The number of halogens is 1. The Balaban J connectivity index is 2.46. The van der Waals surface area contributed by atoms with Gasteiger partial charge >= 0.3 is 0 Å². The predicted octanol–water partition coefficient (Wildman–Crippen LogP) is 0.798. The zero-order valence-electron chi connectivity index (χ0n) is 10.7. The van der Waals surface area contributed by atoms with Crippen molar-refractivity contribution in [2.45, 2.75) is 12.2 Å². The first-order valence-corrected chi connectivity index (χ1v) is 5.82. The molecule has 0 aliphatic carbocycles. The van der Waals surface area contributed by atoms with Gasteiger partial charge < -0.3 is 19.8 Å². The van der Waals surface area contributed by atoms with Crippen LogP contribution in [0.5, 0.6) is 0 Å². The van der Waals surface area contributed by atoms with E-state index in [1.807, 2.05) is 0 Å². The van der Waals surface area contributed by atoms with Crippen molar-refractivity contribution in [1.29, 1.82) is 0 Å². The Morgan fingerprint density at radius 1 is 1.33 bits per heavy atom. The Morgan fingerprint density at radius 2 is 2.06 bits per heavy atom. The highest BCUT2D eigenvalue weighted by molar-refractivity contribution is 5.18. The van der Waals surface area contributed by atoms with Crippen LogP contribution in [0.4, 0.5) is 4.39 Å². The largest absolute Gasteiger partial charge is 0.389 e. The van der Waals surface area contributed by atoms with Crippen LogP contribution in [0, 0.1) is 5.82 Å². The van der Waals surface area contributed by atoms with Crippen LogP contribution in [0.15, 0.2) is 24.3 Å². The van der Waals surface area contributed by atoms with Crippen LogP contribution in [0.25, 0.3) is 0 Å². The summed E-state index contributed by atoms with van der Waals surface area (Å²) in [6.07, 6.45) is -1.37. The third kappa shape index (κ3) is 5.10. The molecule has 0 spiro atoms. The molecule has 1 aromatic carbocycles. The van der Waals surface area contributed by atoms with E-state index < -0.39 is 12.2 Å². The predicted molar refractivity (Wildman–Crippen MR) is 66.7 cm³/mol. The van der Waals surface area contributed by atoms with Gasteiger partial charge in [0, 0.05) is 20.2 Å². The van der Waals surface area contributed by atoms with Crippen LogP contribution >= 0.6 is 0 Å². The summed E-state index contributed by atoms with van der Waals surface area (Å²) in [6, 6.07) is 5.88. The van der Waals surface area contributed by atoms with Crippen molar-refractivity contribution in [3.05, 3.63) is 35.6 Å². The van der Waals surface area contributed by atoms with Crippen molar-refractivity contribution < 1.29 is 19.3 Å². The number of methoxy groups -OCH3 is 1. The topological polar surface area (TPSA) is 52.9 Å². The standard InChI is InChI=1S/C13H20FNO3/c1-15(7-12(16)9-18-2)8-13(17)10-4-3-5-11(14)6-10/h3-6,12-13,16-17H,7-9H2,1-2H3. The van der Waals surface area contributed by atoms with Crippen LogP contribution in [-0.2, 0) is 4.74 Å². The molecule has 0 aliphatic rings. The third-order valence-corrected chi connectivity index (χ3v) is 2.60. The maximum atomic E-state index is 13.0. The van der Waals surface area contributed by atoms with Gasteiger partial charge in [0.2, 0.25) is 0 Å². The van der Waals surface area contributed by atoms with E-state index in [-0.39, 0.29) is 12.4 Å². The fourth-order valence-electron chi connectivity index (χ4n) is 1.79. The third-order valence-electron chi connectivity index (χ3n) is 2.60. The van der Waals surface area contributed by atoms with E-state index in [1.165, 1.54) is 19.2 Å². The highest BCUT2D eigenvalue weighted by Crippen LogP contribution is 2.14. The van der Waals surface area contributed by atoms with Gasteiger partial charge in [-0.3, -0.25) is 0 Å². The lowest BCUT2D eigenvalue weighted by atomic mass is 10.1. The van der Waals surface area contributed by atoms with Crippen LogP contribution < -0.4 is 0 Å². The van der Waals surface area contributed by atoms with E-state index in [0.717, 1.165) is 0 Å². The molecule has 0 aromatic heterocycles. The molecule has 2 N–H and O–H groups in total. The maximum absolute atomic E-state index is 13.0. The number of likely N-dealkylation sites (N-methyl/N-ethyl adjacent to an activating group) is 1. The van der Waals surface area contributed by atoms with E-state index in [4.69, 9.17) is 4.74 Å². The molecule has 0 aliphatic heterocycles. The molecule has 0 saturated carbocycles. The molecule has 5 heteroatoms. The van der Waals surface area contributed by atoms with E-state index in [9.17, 15) is 14.6 Å². The second-order valence-corrected chi connectivity index (χ2v) is 4.40. The molecule has 18 heavy (non-hydrogen) atoms. The number of aliphatic hydroxyl groups excluding tert-OH is 2. The van der Waals surface area contributed by atoms with Crippen molar-refractivity contribution in [1.82, 2.24) is 4.90 Å². The minimum Gasteiger partial charge on any atom is -0.389 e. The lowest BCUT2D eigenvalue weighted by Crippen LogP contribution is -2.34. The molecule has 0 heterocycles. The summed E-state index contributed by atoms with van der Waals surface area (Å²) in [5.41, 5.74) is 0.531. The first-order valence-electron chi connectivity index (χ1n) is 5.82. The summed E-state index contributed by atoms with van der Waals surface area (Å²) in [5.74, 6) is -0.367. The average Bonchev–Trinajstić information content (AvgIpc) is 2.28. The smallest absolute Gasteiger partial charge is 0.123 e. The zero-order valence-corrected chi connectivity index (χ0v) is 10.7. The highest BCUT2D eigenvalue weighted by Gasteiger charge is 2.14. The van der Waals surface area contributed by atoms with Crippen molar-refractivity contribution >= 4 is 0 Å². The number of rotatable bonds is 7. The van der Waals surface area contributed by atoms with Gasteiger partial charge in [0.15, 0.2) is 0 Å². The summed E-state index contributed by atoms with van der Waals surface area (Å²) in [5, 5.41) is 19.5. The molecule has 102 valence electrons. The summed E-state index contributed by atoms with van der Waals surface area (Å²) in [4.78, 5) is 1.78. The number of benzene rings is 1. The van der Waals surface area contributed by atoms with Gasteiger partial charge in [0.05, 0.1) is 18.8 Å². The lowest BCUT2D eigenvalue weighted by Gasteiger charge is -2.23. The SMILES string of the molecule is COCC(O)CN(C)CC(O)c1cccc(F)c1. The first-order chi connectivity index (χ1) is 8.52. The number of nitrogens with zero attached hydrogens (tertiary/aromatic N) is 1. The summed E-state index contributed by atoms with van der Waals surface area (Å²) in [7, 11) is 3.30. The van der Waals surface area contributed by atoms with Gasteiger partial charge in [-0.15, -0.1) is 0 Å². The van der Waals surface area contributed by atoms with Crippen molar-refractivity contribution in [2.75, 3.05) is 33.9 Å². The maximum Gasteiger partial charge on any atom is 0.123 e. The van der Waals surface area contributed by atoms with Crippen LogP contribution in [0.2, 0.25) is 0 Å². The quantitative estimate of drug-likeness (QED) is 0.758. The molecule has 1 rings (SSSR count). The van der Waals surface area contributed by atoms with E-state index in [1.54, 1.807) is 24.1 Å². The molecule has 0 fully saturated rings. The fourth-order valence-corrected chi connectivity index (χ4v) is 1.79. The fraction of sp³-hybridized carbons (Fsp3) is 0.538. The highest BCUT2D eigenvalue weighted by atomic mass is 19.1. The number of hydrogen-bond acceptors (Lipinski definition) is 4. The van der Waals surface area contributed by atoms with Gasteiger partial charge in [-0.25, -0.2) is 4.39 Å². The summed E-state index contributed by atoms with van der Waals surface area (Å²) >= 11 is 0. The van der Waals surface area contributed by atoms with Crippen molar-refractivity contribution in [3.63, 3.8) is 0 Å². The van der Waals surface area contributed by atoms with Crippen molar-refractivity contribution in [2.24, 2.45) is 0 Å². The molecular formula is C13H20FNO3. The molecule has 0 amide bonds. The molecule has 0 bridgehead atoms. The Labute approximate surface area is 107 Å². The Bertz CT molecular complexity index is 362. The normalized spacial score (nSPS) is 14.8. The second-order valence-electron chi connectivity index (χ2n) is 4.40. The molecule has 0 saturated heterocycles. The zero-order chi connectivity index (χ0) is 13.5. The minimum atomic E-state index is -0.777. The second kappa shape index (κ2) is 7.43. The summed E-state index contributed by atoms with van der Waals surface area (Å²) in [6.45, 7) is 0.963. The summed E-state index contributed by atoms with van der Waals surface area (Å²) < 4.78 is 17.8. The van der Waals surface area contributed by atoms with Gasteiger partial charge in [0.25, 0.3) is 0 Å². The molecular weight excluding hydrogens is 237 g/mol. The molecule has 0 radical (unpaired) electrons. The van der Waals surface area contributed by atoms with Crippen LogP contribution in [-0.4, -0.2) is 55.1 Å². The van der Waals surface area contributed by atoms with Gasteiger partial charge in [-0.1, -0.05) is 12.1 Å². The van der Waals surface area contributed by atoms with Crippen LogP contribution in [0.3, 0.4) is 0 Å². The number of aliphatic hydroxyl groups is 2. The van der Waals surface area contributed by atoms with Gasteiger partial charge in [-0.2, -0.15) is 0 Å². The van der Waals surface area contributed by atoms with E-state index >= 15 is 0 Å². The monoisotopic (exact) mass is 257 g/mol. The molecule has 2 atom stereocenters. The Kier molecular flexibility index (Phi) is 6.21. The van der Waals surface area contributed by atoms with E-state index in [2.05, 4.69) is 0 Å². The van der Waals surface area contributed by atoms with Crippen molar-refractivity contribution in [3.8, 4) is 0 Å². The van der Waals surface area contributed by atoms with E-state index in [0.29, 0.717) is 18.7 Å². The molecule has 4 nitrogen and oxygen atoms in total. The minimum absolute atomic E-state index is 0.250. The molecule has 2 unspecified atom stereocenters. The average molecular weight is 257 g/mol. The van der Waals surface area contributed by atoms with Gasteiger partial charge in [0.1, 0.15) is 5.82 Å². The Hall–Kier alpha value is -1.01. The molecule has 1 aromatic rings. The Morgan fingerprint density at radius 3 is 2.67 bits per heavy atom. The first kappa shape index (κ1) is 15.0. The van der Waals surface area contributed by atoms with Gasteiger partial charge in [-0.05, 0) is 24.7 Å². The number of ether oxygens (including phenoxy) is 1.